The van der Waals surface area contributed by atoms with Gasteiger partial charge in [0.25, 0.3) is 15.9 Å². The van der Waals surface area contributed by atoms with E-state index in [1.807, 2.05) is 37.3 Å². The van der Waals surface area contributed by atoms with Gasteiger partial charge in [0.15, 0.2) is 11.7 Å². The van der Waals surface area contributed by atoms with E-state index in [4.69, 9.17) is 4.74 Å². The maximum absolute atomic E-state index is 12.8. The Hall–Kier alpha value is -2.91. The Morgan fingerprint density at radius 2 is 1.94 bits per heavy atom. The molecule has 1 aliphatic heterocycles. The van der Waals surface area contributed by atoms with Gasteiger partial charge in [-0.2, -0.15) is 0 Å². The van der Waals surface area contributed by atoms with Crippen molar-refractivity contribution in [2.75, 3.05) is 22.8 Å². The van der Waals surface area contributed by atoms with E-state index in [1.165, 1.54) is 11.3 Å². The Morgan fingerprint density at radius 1 is 1.19 bits per heavy atom. The van der Waals surface area contributed by atoms with Crippen LogP contribution in [0.1, 0.15) is 38.7 Å². The minimum atomic E-state index is -3.74. The molecule has 0 unspecified atom stereocenters. The topological polar surface area (TPSA) is 88.6 Å². The third kappa shape index (κ3) is 4.49. The van der Waals surface area contributed by atoms with E-state index < -0.39 is 10.0 Å². The lowest BCUT2D eigenvalue weighted by Gasteiger charge is -2.29. The minimum Gasteiger partial charge on any atom is -0.482 e. The highest BCUT2D eigenvalue weighted by Gasteiger charge is 2.25. The zero-order valence-electron chi connectivity index (χ0n) is 18.2. The summed E-state index contributed by atoms with van der Waals surface area (Å²) in [6, 6.07) is 12.4. The number of anilines is 2. The number of rotatable bonds is 7. The highest BCUT2D eigenvalue weighted by molar-refractivity contribution is 7.93. The fraction of sp³-hybridized carbons (Fsp3) is 0.304. The third-order valence-corrected chi connectivity index (χ3v) is 7.47. The van der Waals surface area contributed by atoms with Gasteiger partial charge in [0, 0.05) is 17.5 Å². The molecule has 0 spiro atoms. The zero-order chi connectivity index (χ0) is 22.9. The summed E-state index contributed by atoms with van der Waals surface area (Å²) in [5.74, 6) is 0.904. The van der Waals surface area contributed by atoms with Crippen molar-refractivity contribution in [1.82, 2.24) is 4.98 Å². The molecule has 0 radical (unpaired) electrons. The van der Waals surface area contributed by atoms with E-state index >= 15 is 0 Å². The fourth-order valence-electron chi connectivity index (χ4n) is 3.49. The van der Waals surface area contributed by atoms with Crippen molar-refractivity contribution in [2.45, 2.75) is 38.0 Å². The monoisotopic (exact) mass is 471 g/mol. The number of sulfonamides is 1. The molecule has 0 bridgehead atoms. The van der Waals surface area contributed by atoms with Crippen LogP contribution in [0.2, 0.25) is 0 Å². The number of carbonyl (C=O) groups excluding carboxylic acids is 1. The summed E-state index contributed by atoms with van der Waals surface area (Å²) in [4.78, 5) is 18.6. The van der Waals surface area contributed by atoms with Crippen LogP contribution in [-0.2, 0) is 14.8 Å². The Labute approximate surface area is 192 Å². The number of amides is 1. The minimum absolute atomic E-state index is 0.0348. The molecule has 1 aromatic heterocycles. The smallest absolute Gasteiger partial charge is 0.265 e. The summed E-state index contributed by atoms with van der Waals surface area (Å²) in [6.07, 6.45) is 0.830. The summed E-state index contributed by atoms with van der Waals surface area (Å²) in [5.41, 5.74) is 3.19. The normalized spacial score (nSPS) is 13.8. The van der Waals surface area contributed by atoms with Crippen molar-refractivity contribution in [3.63, 3.8) is 0 Å². The first-order chi connectivity index (χ1) is 15.3. The van der Waals surface area contributed by atoms with Gasteiger partial charge in [-0.05, 0) is 48.2 Å². The number of ether oxygens (including phenoxy) is 1. The molecule has 0 atom stereocenters. The Balaban J connectivity index is 1.57. The summed E-state index contributed by atoms with van der Waals surface area (Å²) < 4.78 is 33.6. The number of thiazole rings is 1. The maximum Gasteiger partial charge on any atom is 0.265 e. The molecule has 9 heteroatoms. The van der Waals surface area contributed by atoms with Gasteiger partial charge >= 0.3 is 0 Å². The lowest BCUT2D eigenvalue weighted by atomic mass is 10.0. The second-order valence-corrected chi connectivity index (χ2v) is 10.4. The van der Waals surface area contributed by atoms with Gasteiger partial charge < -0.3 is 9.64 Å². The average molecular weight is 472 g/mol. The van der Waals surface area contributed by atoms with Crippen molar-refractivity contribution in [1.29, 1.82) is 0 Å². The molecule has 1 amide bonds. The van der Waals surface area contributed by atoms with Crippen LogP contribution in [0.4, 0.5) is 10.8 Å². The first kappa shape index (κ1) is 22.3. The SMILES string of the molecule is CCCN1C(=O)COc2ccc(-c3csc(NS(=O)(=O)c4ccc(C(C)C)cc4)n3)cc21. The molecular weight excluding hydrogens is 446 g/mol. The number of fused-ring (bicyclic) bond motifs is 1. The predicted octanol–water partition coefficient (Wildman–Crippen LogP) is 4.87. The van der Waals surface area contributed by atoms with Crippen molar-refractivity contribution < 1.29 is 17.9 Å². The van der Waals surface area contributed by atoms with Crippen molar-refractivity contribution >= 4 is 38.1 Å². The van der Waals surface area contributed by atoms with Gasteiger partial charge in [-0.15, -0.1) is 11.3 Å². The van der Waals surface area contributed by atoms with Crippen LogP contribution in [-0.4, -0.2) is 32.5 Å². The van der Waals surface area contributed by atoms with Gasteiger partial charge in [-0.25, -0.2) is 13.4 Å². The molecule has 0 saturated heterocycles. The summed E-state index contributed by atoms with van der Waals surface area (Å²) >= 11 is 1.21. The largest absolute Gasteiger partial charge is 0.482 e. The lowest BCUT2D eigenvalue weighted by Crippen LogP contribution is -2.39. The molecule has 7 nitrogen and oxygen atoms in total. The second kappa shape index (κ2) is 8.91. The first-order valence-corrected chi connectivity index (χ1v) is 12.8. The number of nitrogens with zero attached hydrogens (tertiary/aromatic N) is 2. The third-order valence-electron chi connectivity index (χ3n) is 5.23. The van der Waals surface area contributed by atoms with E-state index in [9.17, 15) is 13.2 Å². The summed E-state index contributed by atoms with van der Waals surface area (Å²) in [6.45, 7) is 6.77. The molecule has 3 aromatic rings. The molecule has 0 aliphatic carbocycles. The van der Waals surface area contributed by atoms with Crippen LogP contribution in [0.25, 0.3) is 11.3 Å². The second-order valence-electron chi connectivity index (χ2n) is 7.88. The highest BCUT2D eigenvalue weighted by Crippen LogP contribution is 2.37. The molecule has 168 valence electrons. The van der Waals surface area contributed by atoms with E-state index in [2.05, 4.69) is 23.6 Å². The molecule has 0 fully saturated rings. The number of aromatic nitrogens is 1. The molecule has 0 saturated carbocycles. The number of carbonyl (C=O) groups is 1. The number of hydrogen-bond acceptors (Lipinski definition) is 6. The van der Waals surface area contributed by atoms with E-state index in [1.54, 1.807) is 22.4 Å². The molecule has 2 heterocycles. The van der Waals surface area contributed by atoms with Crippen LogP contribution in [0, 0.1) is 0 Å². The van der Waals surface area contributed by atoms with Crippen molar-refractivity contribution in [2.24, 2.45) is 0 Å². The molecule has 4 rings (SSSR count). The van der Waals surface area contributed by atoms with Crippen LogP contribution in [0.15, 0.2) is 52.7 Å². The Kier molecular flexibility index (Phi) is 6.21. The van der Waals surface area contributed by atoms with Gasteiger partial charge in [-0.1, -0.05) is 32.9 Å². The van der Waals surface area contributed by atoms with Crippen LogP contribution < -0.4 is 14.4 Å². The van der Waals surface area contributed by atoms with Gasteiger partial charge in [-0.3, -0.25) is 9.52 Å². The van der Waals surface area contributed by atoms with E-state index in [0.717, 1.165) is 17.5 Å². The molecule has 1 N–H and O–H groups in total. The van der Waals surface area contributed by atoms with Crippen molar-refractivity contribution in [3.8, 4) is 17.0 Å². The molecule has 32 heavy (non-hydrogen) atoms. The predicted molar refractivity (Wildman–Crippen MR) is 127 cm³/mol. The average Bonchev–Trinajstić information content (AvgIpc) is 3.23. The standard InChI is InChI=1S/C23H25N3O4S2/c1-4-11-26-20-12-17(7-10-21(20)30-13-22(26)27)19-14-31-23(24-19)25-32(28,29)18-8-5-16(6-9-18)15(2)3/h5-10,12,14-15H,4,11,13H2,1-3H3,(H,24,25). The zero-order valence-corrected chi connectivity index (χ0v) is 19.8. The quantitative estimate of drug-likeness (QED) is 0.531. The van der Waals surface area contributed by atoms with Crippen LogP contribution in [0.5, 0.6) is 5.75 Å². The van der Waals surface area contributed by atoms with E-state index in [0.29, 0.717) is 29.6 Å². The maximum atomic E-state index is 12.8. The molecule has 2 aromatic carbocycles. The number of benzene rings is 2. The Morgan fingerprint density at radius 3 is 2.62 bits per heavy atom. The number of nitrogens with one attached hydrogen (secondary N) is 1. The van der Waals surface area contributed by atoms with Crippen molar-refractivity contribution in [3.05, 3.63) is 53.4 Å². The molecular formula is C23H25N3O4S2. The lowest BCUT2D eigenvalue weighted by molar-refractivity contribution is -0.121. The fourth-order valence-corrected chi connectivity index (χ4v) is 5.46. The number of hydrogen-bond donors (Lipinski definition) is 1. The summed E-state index contributed by atoms with van der Waals surface area (Å²) in [5, 5.41) is 2.07. The molecule has 1 aliphatic rings. The van der Waals surface area contributed by atoms with Gasteiger partial charge in [0.2, 0.25) is 0 Å². The Bertz CT molecular complexity index is 1230. The van der Waals surface area contributed by atoms with E-state index in [-0.39, 0.29) is 22.5 Å². The van der Waals surface area contributed by atoms with Crippen LogP contribution >= 0.6 is 11.3 Å². The van der Waals surface area contributed by atoms with Crippen LogP contribution in [0.3, 0.4) is 0 Å². The van der Waals surface area contributed by atoms with Gasteiger partial charge in [0.05, 0.1) is 16.3 Å². The summed E-state index contributed by atoms with van der Waals surface area (Å²) in [7, 11) is -3.74. The first-order valence-electron chi connectivity index (χ1n) is 10.4. The van der Waals surface area contributed by atoms with Gasteiger partial charge in [0.1, 0.15) is 5.75 Å². The highest BCUT2D eigenvalue weighted by atomic mass is 32.2.